The summed E-state index contributed by atoms with van der Waals surface area (Å²) in [5.74, 6) is 1.16. The second kappa shape index (κ2) is 9.49. The minimum Gasteiger partial charge on any atom is -0.459 e. The van der Waals surface area contributed by atoms with Gasteiger partial charge in [-0.1, -0.05) is 24.3 Å². The molecular weight excluding hydrogens is 456 g/mol. The third kappa shape index (κ3) is 4.58. The summed E-state index contributed by atoms with van der Waals surface area (Å²) in [5.41, 5.74) is 2.49. The zero-order valence-electron chi connectivity index (χ0n) is 18.2. The van der Waals surface area contributed by atoms with Gasteiger partial charge in [-0.2, -0.15) is 0 Å². The van der Waals surface area contributed by atoms with Crippen molar-refractivity contribution in [2.45, 2.75) is 35.8 Å². The molecule has 4 aromatic rings. The SMILES string of the molecule is Cc1ccoc1C(=O)NC1CCN(C(=O)c2oc3ccccc3c2CSc2cccs2)CC1. The van der Waals surface area contributed by atoms with Crippen molar-refractivity contribution in [3.63, 3.8) is 0 Å². The van der Waals surface area contributed by atoms with Gasteiger partial charge in [0.25, 0.3) is 11.8 Å². The smallest absolute Gasteiger partial charge is 0.289 e. The Hall–Kier alpha value is -2.97. The molecule has 4 heterocycles. The first-order valence-electron chi connectivity index (χ1n) is 10.9. The average molecular weight is 481 g/mol. The second-order valence-electron chi connectivity index (χ2n) is 8.10. The van der Waals surface area contributed by atoms with E-state index in [4.69, 9.17) is 8.83 Å². The first-order valence-corrected chi connectivity index (χ1v) is 12.8. The lowest BCUT2D eigenvalue weighted by Crippen LogP contribution is -2.46. The minimum atomic E-state index is -0.201. The van der Waals surface area contributed by atoms with Gasteiger partial charge >= 0.3 is 0 Å². The Bertz CT molecular complexity index is 1270. The number of benzene rings is 1. The van der Waals surface area contributed by atoms with Gasteiger partial charge in [0.2, 0.25) is 0 Å². The van der Waals surface area contributed by atoms with Crippen LogP contribution in [0.5, 0.6) is 0 Å². The van der Waals surface area contributed by atoms with E-state index in [2.05, 4.69) is 16.8 Å². The van der Waals surface area contributed by atoms with E-state index in [-0.39, 0.29) is 17.9 Å². The lowest BCUT2D eigenvalue weighted by Gasteiger charge is -2.32. The quantitative estimate of drug-likeness (QED) is 0.357. The molecule has 0 unspecified atom stereocenters. The molecule has 1 N–H and O–H groups in total. The maximum atomic E-state index is 13.4. The van der Waals surface area contributed by atoms with Crippen LogP contribution < -0.4 is 5.32 Å². The normalized spacial score (nSPS) is 14.6. The number of carbonyl (C=O) groups is 2. The van der Waals surface area contributed by atoms with E-state index in [9.17, 15) is 9.59 Å². The Morgan fingerprint density at radius 2 is 1.94 bits per heavy atom. The molecule has 5 rings (SSSR count). The van der Waals surface area contributed by atoms with Gasteiger partial charge in [-0.05, 0) is 43.3 Å². The Kier molecular flexibility index (Phi) is 6.28. The van der Waals surface area contributed by atoms with Crippen molar-refractivity contribution >= 4 is 45.9 Å². The Morgan fingerprint density at radius 1 is 1.12 bits per heavy atom. The van der Waals surface area contributed by atoms with Crippen LogP contribution in [0.3, 0.4) is 0 Å². The first kappa shape index (κ1) is 21.9. The molecule has 0 aliphatic carbocycles. The van der Waals surface area contributed by atoms with Gasteiger partial charge in [-0.15, -0.1) is 23.1 Å². The van der Waals surface area contributed by atoms with Gasteiger partial charge in [-0.25, -0.2) is 0 Å². The van der Waals surface area contributed by atoms with Crippen LogP contribution in [0, 0.1) is 6.92 Å². The van der Waals surface area contributed by atoms with Gasteiger partial charge in [0, 0.05) is 41.4 Å². The first-order chi connectivity index (χ1) is 16.1. The predicted molar refractivity (Wildman–Crippen MR) is 130 cm³/mol. The molecule has 0 radical (unpaired) electrons. The van der Waals surface area contributed by atoms with Crippen LogP contribution >= 0.6 is 23.1 Å². The van der Waals surface area contributed by atoms with E-state index in [1.807, 2.05) is 42.2 Å². The second-order valence-corrected chi connectivity index (χ2v) is 10.3. The fourth-order valence-electron chi connectivity index (χ4n) is 4.13. The zero-order chi connectivity index (χ0) is 22.8. The fourth-order valence-corrected chi connectivity index (χ4v) is 5.94. The highest BCUT2D eigenvalue weighted by Gasteiger charge is 2.30. The molecule has 0 spiro atoms. The molecule has 3 aromatic heterocycles. The number of nitrogens with zero attached hydrogens (tertiary/aromatic N) is 1. The van der Waals surface area contributed by atoms with Crippen molar-refractivity contribution in [1.82, 2.24) is 10.2 Å². The molecule has 1 aliphatic heterocycles. The number of nitrogens with one attached hydrogen (secondary N) is 1. The van der Waals surface area contributed by atoms with Gasteiger partial charge in [0.1, 0.15) is 5.58 Å². The maximum absolute atomic E-state index is 13.4. The number of para-hydroxylation sites is 1. The summed E-state index contributed by atoms with van der Waals surface area (Å²) < 4.78 is 12.6. The van der Waals surface area contributed by atoms with Crippen LogP contribution in [0.2, 0.25) is 0 Å². The van der Waals surface area contributed by atoms with Crippen LogP contribution in [-0.4, -0.2) is 35.8 Å². The summed E-state index contributed by atoms with van der Waals surface area (Å²) >= 11 is 3.41. The highest BCUT2D eigenvalue weighted by Crippen LogP contribution is 2.34. The molecule has 1 aromatic carbocycles. The lowest BCUT2D eigenvalue weighted by atomic mass is 10.0. The number of hydrogen-bond acceptors (Lipinski definition) is 6. The Labute approximate surface area is 199 Å². The molecule has 1 aliphatic rings. The fraction of sp³-hybridized carbons (Fsp3) is 0.280. The molecule has 1 saturated heterocycles. The van der Waals surface area contributed by atoms with Crippen molar-refractivity contribution in [3.05, 3.63) is 76.8 Å². The number of rotatable bonds is 6. The predicted octanol–water partition coefficient (Wildman–Crippen LogP) is 5.72. The zero-order valence-corrected chi connectivity index (χ0v) is 19.8. The van der Waals surface area contributed by atoms with Crippen LogP contribution in [-0.2, 0) is 5.75 Å². The third-order valence-corrected chi connectivity index (χ3v) is 8.09. The molecule has 2 amide bonds. The van der Waals surface area contributed by atoms with Gasteiger partial charge < -0.3 is 19.1 Å². The van der Waals surface area contributed by atoms with E-state index in [0.29, 0.717) is 43.2 Å². The van der Waals surface area contributed by atoms with Crippen molar-refractivity contribution in [2.24, 2.45) is 0 Å². The molecule has 170 valence electrons. The van der Waals surface area contributed by atoms with Crippen molar-refractivity contribution in [3.8, 4) is 0 Å². The summed E-state index contributed by atoms with van der Waals surface area (Å²) in [6.45, 7) is 2.98. The third-order valence-electron chi connectivity index (χ3n) is 5.93. The maximum Gasteiger partial charge on any atom is 0.289 e. The summed E-state index contributed by atoms with van der Waals surface area (Å²) in [5, 5.41) is 6.07. The average Bonchev–Trinajstić information content (AvgIpc) is 3.57. The molecule has 1 fully saturated rings. The number of thioether (sulfide) groups is 1. The molecule has 0 bridgehead atoms. The minimum absolute atomic E-state index is 0.00979. The van der Waals surface area contributed by atoms with Crippen molar-refractivity contribution in [2.75, 3.05) is 13.1 Å². The number of amides is 2. The van der Waals surface area contributed by atoms with Crippen LogP contribution in [0.15, 0.2) is 67.2 Å². The summed E-state index contributed by atoms with van der Waals surface area (Å²) in [6, 6.07) is 13.7. The molecule has 8 heteroatoms. The van der Waals surface area contributed by atoms with Crippen LogP contribution in [0.1, 0.15) is 45.1 Å². The monoisotopic (exact) mass is 480 g/mol. The number of furan rings is 2. The molecular formula is C25H24N2O4S2. The summed E-state index contributed by atoms with van der Waals surface area (Å²) in [6.07, 6.45) is 2.90. The molecule has 33 heavy (non-hydrogen) atoms. The number of likely N-dealkylation sites (tertiary alicyclic amines) is 1. The lowest BCUT2D eigenvalue weighted by molar-refractivity contribution is 0.0666. The molecule has 6 nitrogen and oxygen atoms in total. The number of hydrogen-bond donors (Lipinski definition) is 1. The van der Waals surface area contributed by atoms with Crippen LogP contribution in [0.4, 0.5) is 0 Å². The van der Waals surface area contributed by atoms with Gasteiger partial charge in [0.05, 0.1) is 10.5 Å². The topological polar surface area (TPSA) is 75.7 Å². The highest BCUT2D eigenvalue weighted by atomic mass is 32.2. The van der Waals surface area contributed by atoms with Gasteiger partial charge in [0.15, 0.2) is 11.5 Å². The molecule has 0 saturated carbocycles. The highest BCUT2D eigenvalue weighted by molar-refractivity contribution is 8.00. The van der Waals surface area contributed by atoms with E-state index in [1.165, 1.54) is 10.5 Å². The summed E-state index contributed by atoms with van der Waals surface area (Å²) in [7, 11) is 0. The number of fused-ring (bicyclic) bond motifs is 1. The van der Waals surface area contributed by atoms with E-state index in [1.54, 1.807) is 29.2 Å². The van der Waals surface area contributed by atoms with E-state index >= 15 is 0 Å². The van der Waals surface area contributed by atoms with Crippen molar-refractivity contribution in [1.29, 1.82) is 0 Å². The van der Waals surface area contributed by atoms with E-state index < -0.39 is 0 Å². The van der Waals surface area contributed by atoms with Crippen molar-refractivity contribution < 1.29 is 18.4 Å². The number of thiophene rings is 1. The van der Waals surface area contributed by atoms with Crippen LogP contribution in [0.25, 0.3) is 11.0 Å². The number of carbonyl (C=O) groups excluding carboxylic acids is 2. The Morgan fingerprint density at radius 3 is 2.67 bits per heavy atom. The van der Waals surface area contributed by atoms with E-state index in [0.717, 1.165) is 22.1 Å². The largest absolute Gasteiger partial charge is 0.459 e. The standard InChI is InChI=1S/C25H24N2O4S2/c1-16-10-13-30-22(16)24(28)26-17-8-11-27(12-9-17)25(29)23-19(15-33-21-7-4-14-32-21)18-5-2-3-6-20(18)31-23/h2-7,10,13-14,17H,8-9,11-12,15H2,1H3,(H,26,28). The Balaban J connectivity index is 1.28. The van der Waals surface area contributed by atoms with Gasteiger partial charge in [-0.3, -0.25) is 9.59 Å². The number of aryl methyl sites for hydroxylation is 1. The molecule has 0 atom stereocenters. The number of piperidine rings is 1. The summed E-state index contributed by atoms with van der Waals surface area (Å²) in [4.78, 5) is 27.7.